The van der Waals surface area contributed by atoms with Gasteiger partial charge in [-0.05, 0) is 0 Å². The number of quaternary nitrogens is 1. The highest BCUT2D eigenvalue weighted by atomic mass is 35.5. The number of hydrogen-bond donors (Lipinski definition) is 4. The number of rotatable bonds is 1. The van der Waals surface area contributed by atoms with E-state index >= 15 is 0 Å². The van der Waals surface area contributed by atoms with Crippen LogP contribution in [-0.4, -0.2) is 52.9 Å². The van der Waals surface area contributed by atoms with Crippen molar-refractivity contribution in [2.75, 3.05) is 13.2 Å². The first-order chi connectivity index (χ1) is 5.16. The average Bonchev–Trinajstić information content (AvgIpc) is 2.01. The molecule has 74 valence electrons. The van der Waals surface area contributed by atoms with Crippen LogP contribution in [0.1, 0.15) is 0 Å². The monoisotopic (exact) mass is 199 g/mol. The normalized spacial score (nSPS) is 42.0. The van der Waals surface area contributed by atoms with E-state index < -0.39 is 24.4 Å². The third-order valence-corrected chi connectivity index (χ3v) is 1.97. The molecule has 1 heterocycles. The van der Waals surface area contributed by atoms with Crippen molar-refractivity contribution in [1.29, 1.82) is 0 Å². The number of halogens is 1. The topological polar surface area (TPSA) is 97.6 Å². The molecule has 1 aliphatic rings. The average molecular weight is 200 g/mol. The highest BCUT2D eigenvalue weighted by Gasteiger charge is 2.38. The van der Waals surface area contributed by atoms with Crippen molar-refractivity contribution in [3.63, 3.8) is 0 Å². The maximum Gasteiger partial charge on any atom is 0.142 e. The zero-order chi connectivity index (χ0) is 8.43. The first-order valence-electron chi connectivity index (χ1n) is 3.58. The summed E-state index contributed by atoms with van der Waals surface area (Å²) >= 11 is 0. The Bertz CT molecular complexity index is 135. The fourth-order valence-corrected chi connectivity index (χ4v) is 1.14. The molecule has 0 aromatic rings. The Morgan fingerprint density at radius 2 is 2.00 bits per heavy atom. The van der Waals surface area contributed by atoms with E-state index in [9.17, 15) is 5.11 Å². The van der Waals surface area contributed by atoms with Gasteiger partial charge in [0.05, 0.1) is 13.2 Å². The van der Waals surface area contributed by atoms with Crippen LogP contribution in [0.25, 0.3) is 0 Å². The predicted molar refractivity (Wildman–Crippen MR) is 35.5 cm³/mol. The lowest BCUT2D eigenvalue weighted by molar-refractivity contribution is -0.473. The van der Waals surface area contributed by atoms with E-state index in [-0.39, 0.29) is 25.6 Å². The molecule has 1 fully saturated rings. The van der Waals surface area contributed by atoms with E-state index in [1.54, 1.807) is 0 Å². The summed E-state index contributed by atoms with van der Waals surface area (Å²) in [5, 5.41) is 27.0. The van der Waals surface area contributed by atoms with Crippen LogP contribution in [0.3, 0.4) is 0 Å². The van der Waals surface area contributed by atoms with Crippen molar-refractivity contribution in [2.24, 2.45) is 0 Å². The standard InChI is InChI=1S/C6H13NO4.ClH/c7-5-4(1-8)11-2-3(9)6(5)10;/h3-6,8-10H,1-2,7H2;1H/t3-,4+,5+,6+;/m0./s1. The molecule has 0 unspecified atom stereocenters. The van der Waals surface area contributed by atoms with Crippen LogP contribution in [0.5, 0.6) is 0 Å². The molecule has 0 bridgehead atoms. The van der Waals surface area contributed by atoms with Gasteiger partial charge in [0.15, 0.2) is 0 Å². The van der Waals surface area contributed by atoms with E-state index in [1.807, 2.05) is 0 Å². The first kappa shape index (κ1) is 12.1. The van der Waals surface area contributed by atoms with Gasteiger partial charge in [-0.2, -0.15) is 0 Å². The van der Waals surface area contributed by atoms with Crippen molar-refractivity contribution in [3.8, 4) is 0 Å². The zero-order valence-electron chi connectivity index (χ0n) is 6.56. The molecule has 0 spiro atoms. The molecule has 0 saturated carbocycles. The molecule has 1 aliphatic heterocycles. The minimum absolute atomic E-state index is 0. The van der Waals surface area contributed by atoms with Gasteiger partial charge in [0.25, 0.3) is 0 Å². The molecule has 1 saturated heterocycles. The second-order valence-electron chi connectivity index (χ2n) is 2.78. The van der Waals surface area contributed by atoms with Crippen molar-refractivity contribution >= 4 is 0 Å². The summed E-state index contributed by atoms with van der Waals surface area (Å²) < 4.78 is 5.00. The van der Waals surface area contributed by atoms with Crippen LogP contribution < -0.4 is 18.1 Å². The summed E-state index contributed by atoms with van der Waals surface area (Å²) in [7, 11) is 0. The fourth-order valence-electron chi connectivity index (χ4n) is 1.14. The van der Waals surface area contributed by atoms with Crippen LogP contribution in [0.2, 0.25) is 0 Å². The Morgan fingerprint density at radius 3 is 2.50 bits per heavy atom. The lowest BCUT2D eigenvalue weighted by Gasteiger charge is -2.32. The summed E-state index contributed by atoms with van der Waals surface area (Å²) in [4.78, 5) is 0. The van der Waals surface area contributed by atoms with Gasteiger partial charge in [-0.15, -0.1) is 0 Å². The van der Waals surface area contributed by atoms with E-state index in [2.05, 4.69) is 5.73 Å². The van der Waals surface area contributed by atoms with Crippen LogP contribution in [0.15, 0.2) is 0 Å². The quantitative estimate of drug-likeness (QED) is 0.338. The minimum Gasteiger partial charge on any atom is -1.00 e. The third-order valence-electron chi connectivity index (χ3n) is 1.97. The second kappa shape index (κ2) is 4.96. The molecule has 0 radical (unpaired) electrons. The number of ether oxygens (including phenoxy) is 1. The molecule has 4 atom stereocenters. The Morgan fingerprint density at radius 1 is 1.42 bits per heavy atom. The van der Waals surface area contributed by atoms with Crippen LogP contribution in [-0.2, 0) is 4.74 Å². The Hall–Kier alpha value is 0.0900. The number of aliphatic hydroxyl groups is 3. The van der Waals surface area contributed by atoms with Crippen molar-refractivity contribution < 1.29 is 38.2 Å². The molecule has 0 aromatic heterocycles. The maximum absolute atomic E-state index is 9.24. The van der Waals surface area contributed by atoms with Crippen LogP contribution >= 0.6 is 0 Å². The summed E-state index contributed by atoms with van der Waals surface area (Å²) in [6.07, 6.45) is -2.21. The molecule has 6 N–H and O–H groups in total. The second-order valence-corrected chi connectivity index (χ2v) is 2.78. The van der Waals surface area contributed by atoms with Crippen molar-refractivity contribution in [3.05, 3.63) is 0 Å². The first-order valence-corrected chi connectivity index (χ1v) is 3.58. The van der Waals surface area contributed by atoms with Gasteiger partial charge in [0, 0.05) is 0 Å². The Kier molecular flexibility index (Phi) is 5.00. The summed E-state index contributed by atoms with van der Waals surface area (Å²) in [5.74, 6) is 0. The van der Waals surface area contributed by atoms with E-state index in [4.69, 9.17) is 14.9 Å². The maximum atomic E-state index is 9.24. The van der Waals surface area contributed by atoms with Gasteiger partial charge in [-0.25, -0.2) is 0 Å². The summed E-state index contributed by atoms with van der Waals surface area (Å²) in [5.41, 5.74) is 3.59. The summed E-state index contributed by atoms with van der Waals surface area (Å²) in [6, 6.07) is -0.455. The molecule has 0 aliphatic carbocycles. The lowest BCUT2D eigenvalue weighted by atomic mass is 9.99. The highest BCUT2D eigenvalue weighted by molar-refractivity contribution is 4.84. The minimum atomic E-state index is -0.888. The molecule has 5 nitrogen and oxygen atoms in total. The summed E-state index contributed by atoms with van der Waals surface area (Å²) in [6.45, 7) is -0.101. The van der Waals surface area contributed by atoms with Gasteiger partial charge in [-0.3, -0.25) is 0 Å². The number of aliphatic hydroxyl groups excluding tert-OH is 3. The Labute approximate surface area is 76.5 Å². The fraction of sp³-hybridized carbons (Fsp3) is 1.00. The van der Waals surface area contributed by atoms with Gasteiger partial charge in [-0.1, -0.05) is 0 Å². The van der Waals surface area contributed by atoms with Crippen molar-refractivity contribution in [1.82, 2.24) is 0 Å². The van der Waals surface area contributed by atoms with E-state index in [1.165, 1.54) is 0 Å². The molecule has 6 heteroatoms. The largest absolute Gasteiger partial charge is 1.00 e. The zero-order valence-corrected chi connectivity index (χ0v) is 7.31. The molecular weight excluding hydrogens is 186 g/mol. The van der Waals surface area contributed by atoms with Gasteiger partial charge >= 0.3 is 0 Å². The van der Waals surface area contributed by atoms with Gasteiger partial charge < -0.3 is 38.2 Å². The molecule has 0 aromatic carbocycles. The van der Waals surface area contributed by atoms with Crippen LogP contribution in [0.4, 0.5) is 0 Å². The molecular formula is C6H14ClNO4. The molecule has 12 heavy (non-hydrogen) atoms. The van der Waals surface area contributed by atoms with E-state index in [0.717, 1.165) is 0 Å². The smallest absolute Gasteiger partial charge is 0.142 e. The highest BCUT2D eigenvalue weighted by Crippen LogP contribution is 2.11. The third kappa shape index (κ3) is 2.29. The Balaban J connectivity index is 0.00000121. The van der Waals surface area contributed by atoms with E-state index in [0.29, 0.717) is 0 Å². The lowest BCUT2D eigenvalue weighted by Crippen LogP contribution is -3.00. The van der Waals surface area contributed by atoms with Crippen molar-refractivity contribution in [2.45, 2.75) is 24.4 Å². The van der Waals surface area contributed by atoms with Gasteiger partial charge in [0.1, 0.15) is 24.4 Å². The number of hydrogen-bond acceptors (Lipinski definition) is 4. The molecule has 0 amide bonds. The van der Waals surface area contributed by atoms with Gasteiger partial charge in [0.2, 0.25) is 0 Å². The van der Waals surface area contributed by atoms with Crippen LogP contribution in [0, 0.1) is 0 Å². The molecule has 1 rings (SSSR count). The SMILES string of the molecule is [Cl-].[NH3+][C@H]1[C@H](O)[C@@H](O)CO[C@@H]1CO. The predicted octanol–water partition coefficient (Wildman–Crippen LogP) is -6.29.